The van der Waals surface area contributed by atoms with Gasteiger partial charge >= 0.3 is 0 Å². The van der Waals surface area contributed by atoms with Crippen molar-refractivity contribution >= 4 is 10.0 Å². The first-order chi connectivity index (χ1) is 10.9. The van der Waals surface area contributed by atoms with Gasteiger partial charge < -0.3 is 4.74 Å². The molecule has 0 bridgehead atoms. The molecule has 0 radical (unpaired) electrons. The number of methoxy groups -OCH3 is 1. The van der Waals surface area contributed by atoms with Crippen LogP contribution in [0.5, 0.6) is 5.75 Å². The Balaban J connectivity index is 2.07. The molecule has 1 saturated carbocycles. The number of hydrogen-bond acceptors (Lipinski definition) is 3. The van der Waals surface area contributed by atoms with Crippen molar-refractivity contribution in [3.05, 3.63) is 29.8 Å². The van der Waals surface area contributed by atoms with Crippen molar-refractivity contribution < 1.29 is 13.2 Å². The third-order valence-electron chi connectivity index (χ3n) is 4.63. The van der Waals surface area contributed by atoms with Gasteiger partial charge in [-0.3, -0.25) is 0 Å². The molecular formula is C18H29NO3S. The number of ether oxygens (including phenoxy) is 1. The van der Waals surface area contributed by atoms with Crippen LogP contribution in [0.3, 0.4) is 0 Å². The van der Waals surface area contributed by atoms with Crippen molar-refractivity contribution in [2.24, 2.45) is 11.8 Å². The Hall–Kier alpha value is -1.07. The van der Waals surface area contributed by atoms with Crippen molar-refractivity contribution in [1.82, 2.24) is 4.72 Å². The summed E-state index contributed by atoms with van der Waals surface area (Å²) in [6, 6.07) is 7.43. The predicted molar refractivity (Wildman–Crippen MR) is 94.1 cm³/mol. The Labute approximate surface area is 140 Å². The molecule has 5 heteroatoms. The molecule has 1 N–H and O–H groups in total. The number of hydrogen-bond donors (Lipinski definition) is 1. The van der Waals surface area contributed by atoms with Crippen LogP contribution < -0.4 is 9.46 Å². The SMILES string of the molecule is COc1ccc(C(NS(=O)(=O)CC2CCCCC2)C(C)C)cc1. The van der Waals surface area contributed by atoms with Crippen molar-refractivity contribution in [2.45, 2.75) is 52.0 Å². The van der Waals surface area contributed by atoms with E-state index in [4.69, 9.17) is 4.74 Å². The Morgan fingerprint density at radius 3 is 2.26 bits per heavy atom. The molecule has 2 rings (SSSR count). The molecule has 1 aliphatic rings. The highest BCUT2D eigenvalue weighted by molar-refractivity contribution is 7.89. The lowest BCUT2D eigenvalue weighted by Gasteiger charge is -2.26. The molecule has 0 aromatic heterocycles. The smallest absolute Gasteiger partial charge is 0.212 e. The van der Waals surface area contributed by atoms with E-state index in [1.165, 1.54) is 6.42 Å². The Morgan fingerprint density at radius 2 is 1.74 bits per heavy atom. The summed E-state index contributed by atoms with van der Waals surface area (Å²) in [5.74, 6) is 1.53. The third kappa shape index (κ3) is 5.50. The fourth-order valence-electron chi connectivity index (χ4n) is 3.31. The first-order valence-electron chi connectivity index (χ1n) is 8.55. The highest BCUT2D eigenvalue weighted by atomic mass is 32.2. The average molecular weight is 340 g/mol. The lowest BCUT2D eigenvalue weighted by molar-refractivity contribution is 0.380. The van der Waals surface area contributed by atoms with E-state index in [1.54, 1.807) is 7.11 Å². The van der Waals surface area contributed by atoms with Gasteiger partial charge in [0.1, 0.15) is 5.75 Å². The predicted octanol–water partition coefficient (Wildman–Crippen LogP) is 3.89. The summed E-state index contributed by atoms with van der Waals surface area (Å²) in [7, 11) is -1.64. The summed E-state index contributed by atoms with van der Waals surface area (Å²) in [6.07, 6.45) is 5.63. The largest absolute Gasteiger partial charge is 0.497 e. The van der Waals surface area contributed by atoms with Gasteiger partial charge in [0.15, 0.2) is 0 Å². The number of benzene rings is 1. The molecule has 1 aliphatic carbocycles. The summed E-state index contributed by atoms with van der Waals surface area (Å²) < 4.78 is 33.2. The summed E-state index contributed by atoms with van der Waals surface area (Å²) >= 11 is 0. The molecular weight excluding hydrogens is 310 g/mol. The maximum Gasteiger partial charge on any atom is 0.212 e. The minimum Gasteiger partial charge on any atom is -0.497 e. The van der Waals surface area contributed by atoms with Crippen molar-refractivity contribution in [3.63, 3.8) is 0 Å². The minimum absolute atomic E-state index is 0.185. The third-order valence-corrected chi connectivity index (χ3v) is 6.15. The van der Waals surface area contributed by atoms with Crippen LogP contribution in [-0.4, -0.2) is 21.3 Å². The van der Waals surface area contributed by atoms with Gasteiger partial charge in [-0.05, 0) is 42.4 Å². The molecule has 0 spiro atoms. The molecule has 130 valence electrons. The van der Waals surface area contributed by atoms with E-state index in [-0.39, 0.29) is 17.7 Å². The van der Waals surface area contributed by atoms with Gasteiger partial charge in [0, 0.05) is 6.04 Å². The van der Waals surface area contributed by atoms with Crippen LogP contribution in [-0.2, 0) is 10.0 Å². The number of nitrogens with one attached hydrogen (secondary N) is 1. The van der Waals surface area contributed by atoms with Gasteiger partial charge in [0.25, 0.3) is 0 Å². The van der Waals surface area contributed by atoms with Gasteiger partial charge in [-0.1, -0.05) is 45.2 Å². The molecule has 1 aromatic carbocycles. The highest BCUT2D eigenvalue weighted by Gasteiger charge is 2.26. The van der Waals surface area contributed by atoms with Gasteiger partial charge in [-0.2, -0.15) is 0 Å². The van der Waals surface area contributed by atoms with Gasteiger partial charge in [0.2, 0.25) is 10.0 Å². The molecule has 23 heavy (non-hydrogen) atoms. The standard InChI is InChI=1S/C18H29NO3S/c1-14(2)18(16-9-11-17(22-3)12-10-16)19-23(20,21)13-15-7-5-4-6-8-15/h9-12,14-15,18-19H,4-8,13H2,1-3H3. The van der Waals surface area contributed by atoms with Gasteiger partial charge in [-0.25, -0.2) is 13.1 Å². The number of rotatable bonds is 7. The zero-order chi connectivity index (χ0) is 16.9. The molecule has 0 aliphatic heterocycles. The summed E-state index contributed by atoms with van der Waals surface area (Å²) in [6.45, 7) is 4.08. The second-order valence-electron chi connectivity index (χ2n) is 6.90. The molecule has 0 saturated heterocycles. The van der Waals surface area contributed by atoms with E-state index in [1.807, 2.05) is 38.1 Å². The van der Waals surface area contributed by atoms with Crippen LogP contribution in [0.1, 0.15) is 57.6 Å². The lowest BCUT2D eigenvalue weighted by Crippen LogP contribution is -2.35. The second kappa shape index (κ2) is 8.15. The van der Waals surface area contributed by atoms with Gasteiger partial charge in [-0.15, -0.1) is 0 Å². The van der Waals surface area contributed by atoms with E-state index in [0.29, 0.717) is 5.92 Å². The van der Waals surface area contributed by atoms with Crippen LogP contribution in [0, 0.1) is 11.8 Å². The molecule has 0 amide bonds. The maximum absolute atomic E-state index is 12.6. The fraction of sp³-hybridized carbons (Fsp3) is 0.667. The normalized spacial score (nSPS) is 18.1. The zero-order valence-electron chi connectivity index (χ0n) is 14.4. The Morgan fingerprint density at radius 1 is 1.13 bits per heavy atom. The summed E-state index contributed by atoms with van der Waals surface area (Å²) in [5.41, 5.74) is 0.980. The number of sulfonamides is 1. The fourth-order valence-corrected chi connectivity index (χ4v) is 5.15. The Bertz CT molecular complexity index is 575. The Kier molecular flexibility index (Phi) is 6.48. The van der Waals surface area contributed by atoms with E-state index < -0.39 is 10.0 Å². The summed E-state index contributed by atoms with van der Waals surface area (Å²) in [4.78, 5) is 0. The van der Waals surface area contributed by atoms with Crippen LogP contribution in [0.15, 0.2) is 24.3 Å². The monoisotopic (exact) mass is 339 g/mol. The molecule has 4 nitrogen and oxygen atoms in total. The van der Waals surface area contributed by atoms with Crippen LogP contribution in [0.4, 0.5) is 0 Å². The second-order valence-corrected chi connectivity index (χ2v) is 8.70. The first kappa shape index (κ1) is 18.3. The topological polar surface area (TPSA) is 55.4 Å². The molecule has 1 unspecified atom stereocenters. The quantitative estimate of drug-likeness (QED) is 0.820. The van der Waals surface area contributed by atoms with E-state index in [9.17, 15) is 8.42 Å². The highest BCUT2D eigenvalue weighted by Crippen LogP contribution is 2.28. The van der Waals surface area contributed by atoms with E-state index in [0.717, 1.165) is 37.0 Å². The van der Waals surface area contributed by atoms with Crippen molar-refractivity contribution in [2.75, 3.05) is 12.9 Å². The first-order valence-corrected chi connectivity index (χ1v) is 10.2. The molecule has 1 aromatic rings. The maximum atomic E-state index is 12.6. The van der Waals surface area contributed by atoms with Crippen molar-refractivity contribution in [1.29, 1.82) is 0 Å². The van der Waals surface area contributed by atoms with Crippen molar-refractivity contribution in [3.8, 4) is 5.75 Å². The van der Waals surface area contributed by atoms with Crippen LogP contribution in [0.2, 0.25) is 0 Å². The minimum atomic E-state index is -3.27. The summed E-state index contributed by atoms with van der Waals surface area (Å²) in [5, 5.41) is 0. The van der Waals surface area contributed by atoms with E-state index in [2.05, 4.69) is 4.72 Å². The molecule has 1 fully saturated rings. The molecule has 1 atom stereocenters. The van der Waals surface area contributed by atoms with Crippen LogP contribution >= 0.6 is 0 Å². The van der Waals surface area contributed by atoms with Crippen LogP contribution in [0.25, 0.3) is 0 Å². The average Bonchev–Trinajstić information content (AvgIpc) is 2.53. The lowest BCUT2D eigenvalue weighted by atomic mass is 9.91. The van der Waals surface area contributed by atoms with Gasteiger partial charge in [0.05, 0.1) is 12.9 Å². The zero-order valence-corrected chi connectivity index (χ0v) is 15.2. The van der Waals surface area contributed by atoms with E-state index >= 15 is 0 Å². The molecule has 0 heterocycles.